The first-order valence-corrected chi connectivity index (χ1v) is 12.4. The number of hydrogen-bond donors (Lipinski definition) is 1. The number of piperidine rings is 1. The Morgan fingerprint density at radius 1 is 0.938 bits per heavy atom. The zero-order valence-corrected chi connectivity index (χ0v) is 19.4. The SMILES string of the molecule is CN1CCN(c2cccc3nc([C@H]4CCC[C@@H](c5ncccc5C5CC5)N4)c(Cl)n23)CC1. The molecule has 3 aliphatic rings. The van der Waals surface area contributed by atoms with Gasteiger partial charge in [-0.3, -0.25) is 9.38 Å². The van der Waals surface area contributed by atoms with Crippen molar-refractivity contribution in [3.8, 4) is 0 Å². The van der Waals surface area contributed by atoms with Gasteiger partial charge >= 0.3 is 0 Å². The van der Waals surface area contributed by atoms with Crippen LogP contribution < -0.4 is 10.2 Å². The second-order valence-electron chi connectivity index (χ2n) is 9.61. The van der Waals surface area contributed by atoms with E-state index in [1.54, 1.807) is 0 Å². The van der Waals surface area contributed by atoms with Gasteiger partial charge < -0.3 is 15.1 Å². The molecule has 1 N–H and O–H groups in total. The minimum absolute atomic E-state index is 0.149. The van der Waals surface area contributed by atoms with E-state index < -0.39 is 0 Å². The fourth-order valence-electron chi connectivity index (χ4n) is 5.39. The minimum Gasteiger partial charge on any atom is -0.355 e. The number of rotatable bonds is 4. The summed E-state index contributed by atoms with van der Waals surface area (Å²) in [5.41, 5.74) is 4.57. The molecular formula is C25H31ClN6. The van der Waals surface area contributed by atoms with Gasteiger partial charge in [-0.2, -0.15) is 0 Å². The van der Waals surface area contributed by atoms with Gasteiger partial charge in [0.05, 0.1) is 23.5 Å². The maximum absolute atomic E-state index is 7.04. The molecular weight excluding hydrogens is 420 g/mol. The standard InChI is InChI=1S/C25H31ClN6/c1-30-13-15-31(16-14-30)22-9-3-8-21-29-24(25(26)32(21)22)20-7-2-6-19(28-20)23-18(17-10-11-17)5-4-12-27-23/h3-5,8-9,12,17,19-20,28H,2,6-7,10-11,13-16H2,1H3/t19-,20+/m0/s1. The molecule has 3 aromatic heterocycles. The number of imidazole rings is 1. The highest BCUT2D eigenvalue weighted by Gasteiger charge is 2.33. The lowest BCUT2D eigenvalue weighted by atomic mass is 9.92. The average Bonchev–Trinajstić information content (AvgIpc) is 3.63. The monoisotopic (exact) mass is 450 g/mol. The molecule has 5 heterocycles. The number of nitrogens with one attached hydrogen (secondary N) is 1. The van der Waals surface area contributed by atoms with Crippen molar-refractivity contribution in [3.63, 3.8) is 0 Å². The Morgan fingerprint density at radius 2 is 1.72 bits per heavy atom. The molecule has 1 aliphatic carbocycles. The summed E-state index contributed by atoms with van der Waals surface area (Å²) in [5, 5.41) is 4.62. The first-order chi connectivity index (χ1) is 15.7. The first kappa shape index (κ1) is 20.5. The van der Waals surface area contributed by atoms with E-state index in [0.717, 1.165) is 67.8 Å². The van der Waals surface area contributed by atoms with E-state index >= 15 is 0 Å². The second-order valence-corrected chi connectivity index (χ2v) is 9.97. The van der Waals surface area contributed by atoms with Crippen LogP contribution in [0.5, 0.6) is 0 Å². The Bertz CT molecular complexity index is 1110. The normalized spacial score (nSPS) is 24.9. The van der Waals surface area contributed by atoms with Crippen LogP contribution in [-0.2, 0) is 0 Å². The lowest BCUT2D eigenvalue weighted by molar-refractivity contribution is 0.311. The molecule has 2 atom stereocenters. The van der Waals surface area contributed by atoms with Crippen LogP contribution in [0.25, 0.3) is 5.65 Å². The van der Waals surface area contributed by atoms with Gasteiger partial charge in [-0.25, -0.2) is 4.98 Å². The van der Waals surface area contributed by atoms with Gasteiger partial charge in [-0.1, -0.05) is 23.7 Å². The minimum atomic E-state index is 0.149. The Hall–Kier alpha value is -2.15. The van der Waals surface area contributed by atoms with Gasteiger partial charge in [-0.15, -0.1) is 0 Å². The predicted molar refractivity (Wildman–Crippen MR) is 129 cm³/mol. The number of piperazine rings is 1. The topological polar surface area (TPSA) is 48.7 Å². The van der Waals surface area contributed by atoms with Crippen LogP contribution in [0.2, 0.25) is 5.15 Å². The molecule has 2 aliphatic heterocycles. The van der Waals surface area contributed by atoms with E-state index in [4.69, 9.17) is 21.6 Å². The molecule has 0 bridgehead atoms. The van der Waals surface area contributed by atoms with Crippen molar-refractivity contribution in [3.05, 3.63) is 58.6 Å². The third-order valence-corrected chi connectivity index (χ3v) is 7.72. The second kappa shape index (κ2) is 8.32. The van der Waals surface area contributed by atoms with Crippen molar-refractivity contribution in [2.45, 2.75) is 50.1 Å². The third kappa shape index (κ3) is 3.68. The van der Waals surface area contributed by atoms with Crippen LogP contribution in [0.3, 0.4) is 0 Å². The van der Waals surface area contributed by atoms with Crippen molar-refractivity contribution >= 4 is 23.1 Å². The Labute approximate surface area is 194 Å². The number of aromatic nitrogens is 3. The van der Waals surface area contributed by atoms with Gasteiger partial charge in [0, 0.05) is 32.4 Å². The number of halogens is 1. The average molecular weight is 451 g/mol. The summed E-state index contributed by atoms with van der Waals surface area (Å²) in [6, 6.07) is 11.1. The summed E-state index contributed by atoms with van der Waals surface area (Å²) in [6.07, 6.45) is 7.84. The van der Waals surface area contributed by atoms with E-state index in [0.29, 0.717) is 5.92 Å². The molecule has 168 valence electrons. The summed E-state index contributed by atoms with van der Waals surface area (Å²) in [4.78, 5) is 14.6. The number of anilines is 1. The molecule has 3 fully saturated rings. The zero-order chi connectivity index (χ0) is 21.7. The van der Waals surface area contributed by atoms with Crippen LogP contribution in [-0.4, -0.2) is 52.5 Å². The summed E-state index contributed by atoms with van der Waals surface area (Å²) >= 11 is 7.04. The molecule has 0 spiro atoms. The first-order valence-electron chi connectivity index (χ1n) is 12.0. The Balaban J connectivity index is 1.31. The number of pyridine rings is 2. The lowest BCUT2D eigenvalue weighted by Crippen LogP contribution is -2.45. The van der Waals surface area contributed by atoms with Crippen LogP contribution in [0.4, 0.5) is 5.82 Å². The third-order valence-electron chi connectivity index (χ3n) is 7.36. The summed E-state index contributed by atoms with van der Waals surface area (Å²) in [5.74, 6) is 1.85. The zero-order valence-electron chi connectivity index (χ0n) is 18.7. The van der Waals surface area contributed by atoms with Gasteiger partial charge in [0.25, 0.3) is 0 Å². The number of fused-ring (bicyclic) bond motifs is 1. The van der Waals surface area contributed by atoms with Crippen molar-refractivity contribution in [1.82, 2.24) is 24.6 Å². The van der Waals surface area contributed by atoms with Crippen LogP contribution in [0.1, 0.15) is 67.1 Å². The molecule has 0 unspecified atom stereocenters. The fraction of sp³-hybridized carbons (Fsp3) is 0.520. The molecule has 6 nitrogen and oxygen atoms in total. The molecule has 0 radical (unpaired) electrons. The highest BCUT2D eigenvalue weighted by molar-refractivity contribution is 6.30. The quantitative estimate of drug-likeness (QED) is 0.631. The Morgan fingerprint density at radius 3 is 2.50 bits per heavy atom. The smallest absolute Gasteiger partial charge is 0.139 e. The highest BCUT2D eigenvalue weighted by Crippen LogP contribution is 2.44. The number of nitrogens with zero attached hydrogens (tertiary/aromatic N) is 5. The van der Waals surface area contributed by atoms with Crippen LogP contribution in [0, 0.1) is 0 Å². The summed E-state index contributed by atoms with van der Waals surface area (Å²) < 4.78 is 2.14. The Kier molecular flexibility index (Phi) is 5.32. The van der Waals surface area contributed by atoms with Crippen molar-refractivity contribution < 1.29 is 0 Å². The lowest BCUT2D eigenvalue weighted by Gasteiger charge is -2.34. The molecule has 0 amide bonds. The van der Waals surface area contributed by atoms with E-state index in [9.17, 15) is 0 Å². The molecule has 32 heavy (non-hydrogen) atoms. The molecule has 3 aromatic rings. The van der Waals surface area contributed by atoms with Crippen LogP contribution >= 0.6 is 11.6 Å². The van der Waals surface area contributed by atoms with Gasteiger partial charge in [0.15, 0.2) is 0 Å². The number of hydrogen-bond acceptors (Lipinski definition) is 5. The van der Waals surface area contributed by atoms with Crippen molar-refractivity contribution in [2.24, 2.45) is 0 Å². The molecule has 0 aromatic carbocycles. The summed E-state index contributed by atoms with van der Waals surface area (Å²) in [6.45, 7) is 4.14. The van der Waals surface area contributed by atoms with E-state index in [-0.39, 0.29) is 12.1 Å². The van der Waals surface area contributed by atoms with Gasteiger partial charge in [-0.05, 0) is 68.8 Å². The van der Waals surface area contributed by atoms with Gasteiger partial charge in [0.2, 0.25) is 0 Å². The fourth-order valence-corrected chi connectivity index (χ4v) is 5.74. The largest absolute Gasteiger partial charge is 0.355 e. The maximum atomic E-state index is 7.04. The maximum Gasteiger partial charge on any atom is 0.139 e. The van der Waals surface area contributed by atoms with Crippen molar-refractivity contribution in [1.29, 1.82) is 0 Å². The van der Waals surface area contributed by atoms with Gasteiger partial charge in [0.1, 0.15) is 16.6 Å². The van der Waals surface area contributed by atoms with E-state index in [1.807, 2.05) is 6.20 Å². The summed E-state index contributed by atoms with van der Waals surface area (Å²) in [7, 11) is 2.18. The molecule has 6 rings (SSSR count). The molecule has 7 heteroatoms. The van der Waals surface area contributed by atoms with Crippen molar-refractivity contribution in [2.75, 3.05) is 38.1 Å². The van der Waals surface area contributed by atoms with E-state index in [2.05, 4.69) is 56.9 Å². The molecule has 2 saturated heterocycles. The number of likely N-dealkylation sites (N-methyl/N-ethyl adjacent to an activating group) is 1. The molecule has 1 saturated carbocycles. The van der Waals surface area contributed by atoms with E-state index in [1.165, 1.54) is 24.1 Å². The van der Waals surface area contributed by atoms with Crippen LogP contribution in [0.15, 0.2) is 36.5 Å². The highest BCUT2D eigenvalue weighted by atomic mass is 35.5. The predicted octanol–water partition coefficient (Wildman–Crippen LogP) is 4.57.